The first kappa shape index (κ1) is 19.3. The number of hydrogen-bond acceptors (Lipinski definition) is 8. The summed E-state index contributed by atoms with van der Waals surface area (Å²) in [6.07, 6.45) is 3.92. The van der Waals surface area contributed by atoms with Gasteiger partial charge in [0.2, 0.25) is 11.0 Å². The van der Waals surface area contributed by atoms with E-state index in [-0.39, 0.29) is 17.3 Å². The van der Waals surface area contributed by atoms with E-state index in [0.29, 0.717) is 16.7 Å². The van der Waals surface area contributed by atoms with Crippen molar-refractivity contribution in [3.63, 3.8) is 0 Å². The molecule has 0 aliphatic heterocycles. The lowest BCUT2D eigenvalue weighted by Crippen LogP contribution is -2.30. The van der Waals surface area contributed by atoms with Crippen molar-refractivity contribution >= 4 is 45.5 Å². The van der Waals surface area contributed by atoms with E-state index in [1.807, 2.05) is 24.4 Å². The molecule has 3 aromatic heterocycles. The number of anilines is 1. The van der Waals surface area contributed by atoms with Gasteiger partial charge in [0.25, 0.3) is 0 Å². The van der Waals surface area contributed by atoms with E-state index in [1.54, 1.807) is 15.9 Å². The first-order valence-electron chi connectivity index (χ1n) is 8.98. The maximum atomic E-state index is 12.7. The van der Waals surface area contributed by atoms with Crippen LogP contribution in [-0.2, 0) is 24.2 Å². The average molecular weight is 434 g/mol. The minimum absolute atomic E-state index is 0.171. The molecule has 0 atom stereocenters. The molecule has 0 radical (unpaired) electrons. The smallest absolute Gasteiger partial charge is 0.300 e. The van der Waals surface area contributed by atoms with Gasteiger partial charge in [-0.2, -0.15) is 4.98 Å². The van der Waals surface area contributed by atoms with Crippen LogP contribution < -0.4 is 11.0 Å². The minimum Gasteiger partial charge on any atom is -0.300 e. The van der Waals surface area contributed by atoms with Gasteiger partial charge < -0.3 is 0 Å². The van der Waals surface area contributed by atoms with Gasteiger partial charge in [0, 0.05) is 16.1 Å². The van der Waals surface area contributed by atoms with Gasteiger partial charge in [0.1, 0.15) is 10.0 Å². The molecular formula is C18H19N5O2S3. The number of amides is 1. The van der Waals surface area contributed by atoms with Crippen molar-refractivity contribution in [2.24, 2.45) is 0 Å². The molecule has 0 saturated carbocycles. The third-order valence-corrected chi connectivity index (χ3v) is 7.09. The number of hydrogen-bond donors (Lipinski definition) is 1. The molecule has 3 heterocycles. The van der Waals surface area contributed by atoms with Crippen LogP contribution in [0.3, 0.4) is 0 Å². The van der Waals surface area contributed by atoms with Gasteiger partial charge in [0.15, 0.2) is 0 Å². The number of nitrogens with one attached hydrogen (secondary N) is 1. The molecule has 28 heavy (non-hydrogen) atoms. The first-order chi connectivity index (χ1) is 13.6. The normalized spacial score (nSPS) is 13.3. The second-order valence-electron chi connectivity index (χ2n) is 6.46. The summed E-state index contributed by atoms with van der Waals surface area (Å²) < 4.78 is 1.80. The number of thioether (sulfide) groups is 1. The van der Waals surface area contributed by atoms with E-state index >= 15 is 0 Å². The van der Waals surface area contributed by atoms with Crippen LogP contribution in [0.5, 0.6) is 0 Å². The fourth-order valence-electron chi connectivity index (χ4n) is 3.22. The molecule has 0 aromatic carbocycles. The van der Waals surface area contributed by atoms with Crippen molar-refractivity contribution in [2.45, 2.75) is 44.2 Å². The van der Waals surface area contributed by atoms with Gasteiger partial charge >= 0.3 is 5.69 Å². The van der Waals surface area contributed by atoms with Crippen molar-refractivity contribution in [3.8, 4) is 0 Å². The van der Waals surface area contributed by atoms with E-state index in [4.69, 9.17) is 0 Å². The summed E-state index contributed by atoms with van der Waals surface area (Å²) in [5.41, 5.74) is 1.95. The van der Waals surface area contributed by atoms with Crippen LogP contribution >= 0.6 is 34.4 Å². The molecular weight excluding hydrogens is 414 g/mol. The number of carbonyl (C=O) groups excluding carboxylic acids is 1. The van der Waals surface area contributed by atoms with Crippen molar-refractivity contribution in [2.75, 3.05) is 11.1 Å². The van der Waals surface area contributed by atoms with Crippen LogP contribution in [0, 0.1) is 6.92 Å². The summed E-state index contributed by atoms with van der Waals surface area (Å²) in [4.78, 5) is 30.4. The fraction of sp³-hybridized carbons (Fsp3) is 0.389. The van der Waals surface area contributed by atoms with Crippen molar-refractivity contribution in [1.82, 2.24) is 19.7 Å². The second-order valence-corrected chi connectivity index (χ2v) is 9.64. The summed E-state index contributed by atoms with van der Waals surface area (Å²) in [5.74, 6) is 0.0159. The zero-order chi connectivity index (χ0) is 19.5. The van der Waals surface area contributed by atoms with Gasteiger partial charge in [-0.1, -0.05) is 29.2 Å². The van der Waals surface area contributed by atoms with Gasteiger partial charge in [-0.15, -0.1) is 21.5 Å². The van der Waals surface area contributed by atoms with Crippen LogP contribution in [0.1, 0.15) is 34.0 Å². The van der Waals surface area contributed by atoms with Crippen molar-refractivity contribution < 1.29 is 4.79 Å². The minimum atomic E-state index is -0.239. The Kier molecular flexibility index (Phi) is 5.88. The molecule has 0 spiro atoms. The highest BCUT2D eigenvalue weighted by Crippen LogP contribution is 2.29. The maximum absolute atomic E-state index is 12.7. The molecule has 0 fully saturated rings. The van der Waals surface area contributed by atoms with Gasteiger partial charge in [0.05, 0.1) is 12.3 Å². The van der Waals surface area contributed by atoms with Gasteiger partial charge in [-0.3, -0.25) is 14.7 Å². The van der Waals surface area contributed by atoms with Crippen molar-refractivity contribution in [3.05, 3.63) is 49.1 Å². The van der Waals surface area contributed by atoms with Crippen LogP contribution in [0.4, 0.5) is 5.13 Å². The van der Waals surface area contributed by atoms with Crippen LogP contribution in [0.15, 0.2) is 27.3 Å². The Morgan fingerprint density at radius 3 is 2.93 bits per heavy atom. The topological polar surface area (TPSA) is 89.8 Å². The Morgan fingerprint density at radius 1 is 1.32 bits per heavy atom. The highest BCUT2D eigenvalue weighted by molar-refractivity contribution is 8.00. The number of rotatable bonds is 6. The molecule has 1 aliphatic rings. The Bertz CT molecular complexity index is 1040. The highest BCUT2D eigenvalue weighted by atomic mass is 32.2. The summed E-state index contributed by atoms with van der Waals surface area (Å²) in [7, 11) is 0. The molecule has 7 nitrogen and oxygen atoms in total. The Labute approximate surface area is 174 Å². The number of aromatic nitrogens is 4. The van der Waals surface area contributed by atoms with E-state index in [2.05, 4.69) is 20.5 Å². The molecule has 1 N–H and O–H groups in total. The molecule has 1 amide bonds. The highest BCUT2D eigenvalue weighted by Gasteiger charge is 2.21. The van der Waals surface area contributed by atoms with Gasteiger partial charge in [-0.05, 0) is 44.1 Å². The van der Waals surface area contributed by atoms with Crippen LogP contribution in [0.2, 0.25) is 0 Å². The fourth-order valence-corrected chi connectivity index (χ4v) is 5.40. The largest absolute Gasteiger partial charge is 0.349 e. The van der Waals surface area contributed by atoms with Gasteiger partial charge in [-0.25, -0.2) is 4.79 Å². The zero-order valence-corrected chi connectivity index (χ0v) is 17.8. The lowest BCUT2D eigenvalue weighted by Gasteiger charge is -2.22. The molecule has 0 unspecified atom stereocenters. The summed E-state index contributed by atoms with van der Waals surface area (Å²) in [6, 6.07) is 4.03. The predicted molar refractivity (Wildman–Crippen MR) is 113 cm³/mol. The van der Waals surface area contributed by atoms with E-state index < -0.39 is 0 Å². The summed E-state index contributed by atoms with van der Waals surface area (Å²) in [5, 5.41) is 14.5. The third kappa shape index (κ3) is 4.34. The van der Waals surface area contributed by atoms with E-state index in [0.717, 1.165) is 46.8 Å². The van der Waals surface area contributed by atoms with E-state index in [1.165, 1.54) is 23.1 Å². The number of aryl methyl sites for hydroxylation is 1. The quantitative estimate of drug-likeness (QED) is 0.475. The average Bonchev–Trinajstić information content (AvgIpc) is 3.34. The summed E-state index contributed by atoms with van der Waals surface area (Å²) >= 11 is 4.30. The maximum Gasteiger partial charge on any atom is 0.349 e. The zero-order valence-electron chi connectivity index (χ0n) is 15.3. The van der Waals surface area contributed by atoms with Crippen LogP contribution in [0.25, 0.3) is 0 Å². The molecule has 4 rings (SSSR count). The van der Waals surface area contributed by atoms with E-state index in [9.17, 15) is 9.59 Å². The number of thiophene rings is 1. The molecule has 3 aromatic rings. The molecule has 1 aliphatic carbocycles. The molecule has 146 valence electrons. The van der Waals surface area contributed by atoms with Crippen LogP contribution in [-0.4, -0.2) is 31.4 Å². The Hall–Kier alpha value is -2.04. The third-order valence-electron chi connectivity index (χ3n) is 4.46. The monoisotopic (exact) mass is 433 g/mol. The molecule has 0 bridgehead atoms. The molecule has 10 heteroatoms. The summed E-state index contributed by atoms with van der Waals surface area (Å²) in [6.45, 7) is 2.40. The lowest BCUT2D eigenvalue weighted by atomic mass is 9.97. The SMILES string of the molecule is Cc1nnc(NC(=O)CSc2nc(=O)n(Cc3cccs3)c3c2CCCC3)s1. The number of carbonyl (C=O) groups is 1. The predicted octanol–water partition coefficient (Wildman–Crippen LogP) is 3.12. The Morgan fingerprint density at radius 2 is 2.18 bits per heavy atom. The molecule has 0 saturated heterocycles. The lowest BCUT2D eigenvalue weighted by molar-refractivity contribution is -0.113. The Balaban J connectivity index is 1.53. The second kappa shape index (κ2) is 8.54. The first-order valence-corrected chi connectivity index (χ1v) is 11.7. The number of nitrogens with zero attached hydrogens (tertiary/aromatic N) is 4. The number of fused-ring (bicyclic) bond motifs is 1. The van der Waals surface area contributed by atoms with Crippen molar-refractivity contribution in [1.29, 1.82) is 0 Å². The standard InChI is InChI=1S/C18H19N5O2S3/c1-11-21-22-17(28-11)19-15(24)10-27-16-13-6-2-3-7-14(13)23(18(25)20-16)9-12-5-4-8-26-12/h4-5,8H,2-3,6-7,9-10H2,1H3,(H,19,22,24).